The van der Waals surface area contributed by atoms with Crippen molar-refractivity contribution in [2.24, 2.45) is 0 Å². The van der Waals surface area contributed by atoms with E-state index in [1.54, 1.807) is 11.3 Å². The molecule has 2 rings (SSSR count). The lowest BCUT2D eigenvalue weighted by molar-refractivity contribution is 1.23. The third kappa shape index (κ3) is 1.55. The first-order chi connectivity index (χ1) is 5.75. The van der Waals surface area contributed by atoms with Crippen molar-refractivity contribution < 1.29 is 0 Å². The predicted molar refractivity (Wildman–Crippen MR) is 53.5 cm³/mol. The molecular weight excluding hydrogens is 258 g/mol. The number of aromatic nitrogens is 3. The Labute approximate surface area is 85.8 Å². The number of hydrogen-bond acceptors (Lipinski definition) is 5. The molecule has 0 bridgehead atoms. The van der Waals surface area contributed by atoms with Gasteiger partial charge in [-0.25, -0.2) is 9.97 Å². The van der Waals surface area contributed by atoms with Gasteiger partial charge in [0.15, 0.2) is 5.01 Å². The Bertz CT molecular complexity index is 357. The Kier molecular flexibility index (Phi) is 2.20. The van der Waals surface area contributed by atoms with Crippen LogP contribution in [-0.4, -0.2) is 14.3 Å². The number of thiazole rings is 1. The molecule has 62 valence electrons. The summed E-state index contributed by atoms with van der Waals surface area (Å²) in [6, 6.07) is 0. The summed E-state index contributed by atoms with van der Waals surface area (Å²) in [5, 5.41) is 3.91. The highest BCUT2D eigenvalue weighted by Crippen LogP contribution is 2.24. The molecule has 2 heterocycles. The van der Waals surface area contributed by atoms with Gasteiger partial charge in [0.25, 0.3) is 0 Å². The summed E-state index contributed by atoms with van der Waals surface area (Å²) in [6.07, 6.45) is 0. The van der Waals surface area contributed by atoms with Gasteiger partial charge in [0.05, 0.1) is 5.01 Å². The highest BCUT2D eigenvalue weighted by Gasteiger charge is 2.06. The minimum Gasteiger partial charge on any atom is -0.239 e. The van der Waals surface area contributed by atoms with Crippen LogP contribution in [0.3, 0.4) is 0 Å². The summed E-state index contributed by atoms with van der Waals surface area (Å²) in [6.45, 7) is 1.98. The van der Waals surface area contributed by atoms with Crippen molar-refractivity contribution in [1.82, 2.24) is 14.3 Å². The van der Waals surface area contributed by atoms with E-state index in [-0.39, 0.29) is 0 Å². The molecule has 2 aromatic heterocycles. The number of rotatable bonds is 1. The van der Waals surface area contributed by atoms with Crippen LogP contribution in [0.4, 0.5) is 0 Å². The van der Waals surface area contributed by atoms with Gasteiger partial charge in [-0.1, -0.05) is 0 Å². The lowest BCUT2D eigenvalue weighted by atomic mass is 10.5. The maximum Gasteiger partial charge on any atom is 0.209 e. The molecule has 0 N–H and O–H groups in total. The largest absolute Gasteiger partial charge is 0.239 e. The van der Waals surface area contributed by atoms with Crippen molar-refractivity contribution in [3.63, 3.8) is 0 Å². The first kappa shape index (κ1) is 8.28. The quantitative estimate of drug-likeness (QED) is 0.793. The zero-order chi connectivity index (χ0) is 8.55. The molecule has 0 aromatic carbocycles. The van der Waals surface area contributed by atoms with E-state index in [1.165, 1.54) is 11.5 Å². The van der Waals surface area contributed by atoms with E-state index >= 15 is 0 Å². The second-order valence-corrected chi connectivity index (χ2v) is 4.64. The van der Waals surface area contributed by atoms with E-state index in [0.29, 0.717) is 4.73 Å². The molecule has 0 amide bonds. The summed E-state index contributed by atoms with van der Waals surface area (Å²) in [4.78, 5) is 8.46. The second kappa shape index (κ2) is 3.20. The number of halogens is 1. The lowest BCUT2D eigenvalue weighted by Gasteiger charge is -1.82. The highest BCUT2D eigenvalue weighted by molar-refractivity contribution is 9.10. The third-order valence-electron chi connectivity index (χ3n) is 1.24. The Morgan fingerprint density at radius 3 is 2.75 bits per heavy atom. The molecule has 6 heteroatoms. The van der Waals surface area contributed by atoms with Crippen LogP contribution in [0.5, 0.6) is 0 Å². The minimum absolute atomic E-state index is 0.633. The molecule has 2 aromatic rings. The predicted octanol–water partition coefficient (Wildman–Crippen LogP) is 2.73. The molecule has 12 heavy (non-hydrogen) atoms. The van der Waals surface area contributed by atoms with Crippen LogP contribution in [-0.2, 0) is 0 Å². The molecular formula is C6H4BrN3S2. The van der Waals surface area contributed by atoms with Gasteiger partial charge in [0.1, 0.15) is 5.69 Å². The van der Waals surface area contributed by atoms with Gasteiger partial charge in [-0.2, -0.15) is 4.37 Å². The van der Waals surface area contributed by atoms with Gasteiger partial charge in [-0.05, 0) is 34.4 Å². The number of aryl methyl sites for hydroxylation is 1. The monoisotopic (exact) mass is 261 g/mol. The maximum atomic E-state index is 4.30. The van der Waals surface area contributed by atoms with Crippen molar-refractivity contribution in [3.8, 4) is 10.7 Å². The minimum atomic E-state index is 0.633. The van der Waals surface area contributed by atoms with Crippen molar-refractivity contribution in [3.05, 3.63) is 15.1 Å². The molecule has 0 aliphatic heterocycles. The Morgan fingerprint density at radius 1 is 1.42 bits per heavy atom. The molecule has 0 saturated carbocycles. The van der Waals surface area contributed by atoms with Gasteiger partial charge >= 0.3 is 0 Å². The SMILES string of the molecule is Cc1nc(-c2nc(Br)ns2)cs1. The fraction of sp³-hybridized carbons (Fsp3) is 0.167. The molecule has 0 aliphatic rings. The fourth-order valence-corrected chi connectivity index (χ4v) is 2.48. The molecule has 0 atom stereocenters. The molecule has 3 nitrogen and oxygen atoms in total. The van der Waals surface area contributed by atoms with Crippen LogP contribution >= 0.6 is 38.8 Å². The Morgan fingerprint density at radius 2 is 2.25 bits per heavy atom. The molecule has 0 fully saturated rings. The average Bonchev–Trinajstić information content (AvgIpc) is 2.58. The van der Waals surface area contributed by atoms with Gasteiger partial charge in [-0.15, -0.1) is 11.3 Å². The van der Waals surface area contributed by atoms with Crippen molar-refractivity contribution in [1.29, 1.82) is 0 Å². The number of hydrogen-bond donors (Lipinski definition) is 0. The van der Waals surface area contributed by atoms with E-state index in [2.05, 4.69) is 30.3 Å². The van der Waals surface area contributed by atoms with E-state index in [4.69, 9.17) is 0 Å². The highest BCUT2D eigenvalue weighted by atomic mass is 79.9. The molecule has 0 radical (unpaired) electrons. The van der Waals surface area contributed by atoms with Crippen molar-refractivity contribution in [2.75, 3.05) is 0 Å². The second-order valence-electron chi connectivity index (χ2n) is 2.12. The number of nitrogens with zero attached hydrogens (tertiary/aromatic N) is 3. The van der Waals surface area contributed by atoms with Crippen molar-refractivity contribution in [2.45, 2.75) is 6.92 Å². The molecule has 0 aliphatic carbocycles. The van der Waals surface area contributed by atoms with Crippen LogP contribution in [0.1, 0.15) is 5.01 Å². The van der Waals surface area contributed by atoms with Gasteiger partial charge in [-0.3, -0.25) is 0 Å². The average molecular weight is 262 g/mol. The van der Waals surface area contributed by atoms with Gasteiger partial charge < -0.3 is 0 Å². The van der Waals surface area contributed by atoms with Gasteiger partial charge in [0.2, 0.25) is 4.73 Å². The summed E-state index contributed by atoms with van der Waals surface area (Å²) in [5.41, 5.74) is 0.917. The summed E-state index contributed by atoms with van der Waals surface area (Å²) in [5.74, 6) is 0. The standard InChI is InChI=1S/C6H4BrN3S2/c1-3-8-4(2-11-3)5-9-6(7)10-12-5/h2H,1H3. The van der Waals surface area contributed by atoms with Crippen LogP contribution in [0.2, 0.25) is 0 Å². The fourth-order valence-electron chi connectivity index (χ4n) is 0.771. The van der Waals surface area contributed by atoms with E-state index in [1.807, 2.05) is 12.3 Å². The molecule has 0 spiro atoms. The smallest absolute Gasteiger partial charge is 0.209 e. The van der Waals surface area contributed by atoms with Crippen LogP contribution in [0, 0.1) is 6.92 Å². The Balaban J connectivity index is 2.43. The molecule has 0 unspecified atom stereocenters. The zero-order valence-electron chi connectivity index (χ0n) is 6.11. The first-order valence-corrected chi connectivity index (χ1v) is 5.62. The van der Waals surface area contributed by atoms with E-state index in [9.17, 15) is 0 Å². The van der Waals surface area contributed by atoms with Crippen molar-refractivity contribution >= 4 is 38.8 Å². The molecule has 0 saturated heterocycles. The topological polar surface area (TPSA) is 38.7 Å². The normalized spacial score (nSPS) is 10.5. The van der Waals surface area contributed by atoms with E-state index in [0.717, 1.165) is 15.7 Å². The summed E-state index contributed by atoms with van der Waals surface area (Å²) in [7, 11) is 0. The van der Waals surface area contributed by atoms with Crippen LogP contribution < -0.4 is 0 Å². The van der Waals surface area contributed by atoms with Gasteiger partial charge in [0, 0.05) is 5.38 Å². The van der Waals surface area contributed by atoms with E-state index < -0.39 is 0 Å². The van der Waals surface area contributed by atoms with Crippen LogP contribution in [0.15, 0.2) is 10.1 Å². The zero-order valence-corrected chi connectivity index (χ0v) is 9.33. The van der Waals surface area contributed by atoms with Crippen LogP contribution in [0.25, 0.3) is 10.7 Å². The third-order valence-corrected chi connectivity index (χ3v) is 3.34. The maximum absolute atomic E-state index is 4.30. The first-order valence-electron chi connectivity index (χ1n) is 3.17. The lowest BCUT2D eigenvalue weighted by Crippen LogP contribution is -1.75. The summed E-state index contributed by atoms with van der Waals surface area (Å²) >= 11 is 6.17. The Hall–Kier alpha value is -0.330. The summed E-state index contributed by atoms with van der Waals surface area (Å²) < 4.78 is 4.65.